The Labute approximate surface area is 116 Å². The standard InChI is InChI=1S/C12H12F3NO3S/c13-12(14,15)11(19)16-9-8(10(17)18)6-4-2-1-3-5-7(6)20-9/h1-5H2,(H,16,19)(H,17,18). The van der Waals surface area contributed by atoms with Crippen LogP contribution in [0.4, 0.5) is 18.2 Å². The highest BCUT2D eigenvalue weighted by Gasteiger charge is 2.40. The summed E-state index contributed by atoms with van der Waals surface area (Å²) in [6.45, 7) is 0. The number of nitrogens with one attached hydrogen (secondary N) is 1. The van der Waals surface area contributed by atoms with Crippen molar-refractivity contribution < 1.29 is 27.9 Å². The van der Waals surface area contributed by atoms with E-state index < -0.39 is 18.1 Å². The number of carboxylic acid groups (broad SMARTS) is 1. The molecule has 0 radical (unpaired) electrons. The van der Waals surface area contributed by atoms with Gasteiger partial charge in [-0.1, -0.05) is 6.42 Å². The number of carboxylic acids is 1. The molecule has 0 aromatic carbocycles. The van der Waals surface area contributed by atoms with Crippen molar-refractivity contribution in [2.24, 2.45) is 0 Å². The Hall–Kier alpha value is -1.57. The van der Waals surface area contributed by atoms with Gasteiger partial charge >= 0.3 is 18.1 Å². The molecule has 1 aliphatic rings. The third kappa shape index (κ3) is 2.95. The number of rotatable bonds is 2. The molecule has 0 saturated heterocycles. The van der Waals surface area contributed by atoms with Crippen LogP contribution in [0, 0.1) is 0 Å². The van der Waals surface area contributed by atoms with Gasteiger partial charge in [-0.05, 0) is 31.2 Å². The average molecular weight is 307 g/mol. The molecule has 4 nitrogen and oxygen atoms in total. The molecule has 0 spiro atoms. The first-order valence-electron chi connectivity index (χ1n) is 6.06. The Bertz CT molecular complexity index is 551. The summed E-state index contributed by atoms with van der Waals surface area (Å²) in [6.07, 6.45) is -1.23. The molecule has 0 saturated carbocycles. The molecule has 1 amide bonds. The Morgan fingerprint density at radius 3 is 2.40 bits per heavy atom. The van der Waals surface area contributed by atoms with Crippen LogP contribution in [-0.4, -0.2) is 23.2 Å². The van der Waals surface area contributed by atoms with Crippen LogP contribution < -0.4 is 5.32 Å². The van der Waals surface area contributed by atoms with Gasteiger partial charge in [-0.3, -0.25) is 4.79 Å². The van der Waals surface area contributed by atoms with E-state index in [-0.39, 0.29) is 10.6 Å². The summed E-state index contributed by atoms with van der Waals surface area (Å²) in [5.74, 6) is -3.45. The molecule has 1 aromatic rings. The number of anilines is 1. The number of thiophene rings is 1. The number of halogens is 3. The van der Waals surface area contributed by atoms with Crippen LogP contribution in [0.2, 0.25) is 0 Å². The fourth-order valence-corrected chi connectivity index (χ4v) is 3.51. The second-order valence-corrected chi connectivity index (χ2v) is 5.63. The smallest absolute Gasteiger partial charge is 0.471 e. The topological polar surface area (TPSA) is 66.4 Å². The first-order valence-corrected chi connectivity index (χ1v) is 6.88. The van der Waals surface area contributed by atoms with Crippen molar-refractivity contribution in [3.8, 4) is 0 Å². The zero-order valence-corrected chi connectivity index (χ0v) is 11.2. The van der Waals surface area contributed by atoms with E-state index in [0.717, 1.165) is 35.5 Å². The molecule has 20 heavy (non-hydrogen) atoms. The molecule has 1 aromatic heterocycles. The number of carbonyl (C=O) groups excluding carboxylic acids is 1. The molecular formula is C12H12F3NO3S. The molecule has 8 heteroatoms. The molecule has 2 rings (SSSR count). The molecule has 110 valence electrons. The summed E-state index contributed by atoms with van der Waals surface area (Å²) in [7, 11) is 0. The molecule has 0 aliphatic heterocycles. The van der Waals surface area contributed by atoms with Crippen molar-refractivity contribution in [3.63, 3.8) is 0 Å². The summed E-state index contributed by atoms with van der Waals surface area (Å²) >= 11 is 0.935. The van der Waals surface area contributed by atoms with Crippen LogP contribution in [0.15, 0.2) is 0 Å². The number of carbonyl (C=O) groups is 2. The predicted molar refractivity (Wildman–Crippen MR) is 67.2 cm³/mol. The van der Waals surface area contributed by atoms with Crippen molar-refractivity contribution >= 4 is 28.2 Å². The number of alkyl halides is 3. The van der Waals surface area contributed by atoms with Gasteiger partial charge in [0.1, 0.15) is 5.00 Å². The van der Waals surface area contributed by atoms with Crippen molar-refractivity contribution in [3.05, 3.63) is 16.0 Å². The minimum atomic E-state index is -5.03. The van der Waals surface area contributed by atoms with Crippen molar-refractivity contribution in [2.45, 2.75) is 38.3 Å². The monoisotopic (exact) mass is 307 g/mol. The Morgan fingerprint density at radius 1 is 1.15 bits per heavy atom. The molecular weight excluding hydrogens is 295 g/mol. The van der Waals surface area contributed by atoms with Gasteiger partial charge in [0.25, 0.3) is 0 Å². The molecule has 1 heterocycles. The van der Waals surface area contributed by atoms with Gasteiger partial charge in [-0.2, -0.15) is 13.2 Å². The van der Waals surface area contributed by atoms with E-state index in [1.54, 1.807) is 5.32 Å². The molecule has 0 unspecified atom stereocenters. The Balaban J connectivity index is 2.38. The lowest BCUT2D eigenvalue weighted by molar-refractivity contribution is -0.167. The average Bonchev–Trinajstić information content (AvgIpc) is 2.51. The first-order chi connectivity index (χ1) is 9.30. The van der Waals surface area contributed by atoms with E-state index in [9.17, 15) is 27.9 Å². The lowest BCUT2D eigenvalue weighted by Gasteiger charge is -2.07. The van der Waals surface area contributed by atoms with E-state index in [1.165, 1.54) is 0 Å². The van der Waals surface area contributed by atoms with Crippen LogP contribution >= 0.6 is 11.3 Å². The molecule has 0 bridgehead atoms. The van der Waals surface area contributed by atoms with Gasteiger partial charge in [-0.15, -0.1) is 11.3 Å². The van der Waals surface area contributed by atoms with Gasteiger partial charge in [0.05, 0.1) is 5.56 Å². The van der Waals surface area contributed by atoms with Gasteiger partial charge in [-0.25, -0.2) is 4.79 Å². The number of hydrogen-bond donors (Lipinski definition) is 2. The SMILES string of the molecule is O=C(O)c1c(NC(=O)C(F)(F)F)sc2c1CCCCC2. The second-order valence-electron chi connectivity index (χ2n) is 4.53. The van der Waals surface area contributed by atoms with Crippen LogP contribution in [0.1, 0.15) is 40.1 Å². The fourth-order valence-electron chi connectivity index (χ4n) is 2.23. The van der Waals surface area contributed by atoms with Crippen LogP contribution in [-0.2, 0) is 17.6 Å². The van der Waals surface area contributed by atoms with E-state index in [0.29, 0.717) is 18.4 Å². The van der Waals surface area contributed by atoms with E-state index in [1.807, 2.05) is 0 Å². The van der Waals surface area contributed by atoms with Crippen molar-refractivity contribution in [2.75, 3.05) is 5.32 Å². The number of aromatic carboxylic acids is 1. The number of amides is 1. The van der Waals surface area contributed by atoms with Gasteiger partial charge in [0, 0.05) is 4.88 Å². The van der Waals surface area contributed by atoms with Gasteiger partial charge in [0.2, 0.25) is 0 Å². The largest absolute Gasteiger partial charge is 0.478 e. The summed E-state index contributed by atoms with van der Waals surface area (Å²) in [4.78, 5) is 23.0. The summed E-state index contributed by atoms with van der Waals surface area (Å²) in [6, 6.07) is 0. The normalized spacial score (nSPS) is 15.3. The van der Waals surface area contributed by atoms with E-state index >= 15 is 0 Å². The first kappa shape index (κ1) is 14.8. The highest BCUT2D eigenvalue weighted by atomic mass is 32.1. The Kier molecular flexibility index (Phi) is 4.03. The molecule has 0 atom stereocenters. The predicted octanol–water partition coefficient (Wildman–Crippen LogP) is 3.22. The third-order valence-corrected chi connectivity index (χ3v) is 4.33. The third-order valence-electron chi connectivity index (χ3n) is 3.12. The van der Waals surface area contributed by atoms with Crippen LogP contribution in [0.5, 0.6) is 0 Å². The van der Waals surface area contributed by atoms with Crippen molar-refractivity contribution in [1.29, 1.82) is 0 Å². The number of hydrogen-bond acceptors (Lipinski definition) is 3. The summed E-state index contributed by atoms with van der Waals surface area (Å²) in [5.41, 5.74) is 0.377. The fraction of sp³-hybridized carbons (Fsp3) is 0.500. The highest BCUT2D eigenvalue weighted by molar-refractivity contribution is 7.17. The summed E-state index contributed by atoms with van der Waals surface area (Å²) < 4.78 is 36.8. The minimum absolute atomic E-state index is 0.190. The number of fused-ring (bicyclic) bond motifs is 1. The van der Waals surface area contributed by atoms with Gasteiger partial charge in [0.15, 0.2) is 0 Å². The van der Waals surface area contributed by atoms with Gasteiger partial charge < -0.3 is 10.4 Å². The number of aryl methyl sites for hydroxylation is 1. The molecule has 1 aliphatic carbocycles. The van der Waals surface area contributed by atoms with Crippen molar-refractivity contribution in [1.82, 2.24) is 0 Å². The molecule has 2 N–H and O–H groups in total. The summed E-state index contributed by atoms with van der Waals surface area (Å²) in [5, 5.41) is 10.7. The lowest BCUT2D eigenvalue weighted by Crippen LogP contribution is -2.30. The Morgan fingerprint density at radius 2 is 1.80 bits per heavy atom. The minimum Gasteiger partial charge on any atom is -0.478 e. The lowest BCUT2D eigenvalue weighted by atomic mass is 10.1. The zero-order chi connectivity index (χ0) is 14.9. The highest BCUT2D eigenvalue weighted by Crippen LogP contribution is 2.38. The van der Waals surface area contributed by atoms with Crippen LogP contribution in [0.25, 0.3) is 0 Å². The van der Waals surface area contributed by atoms with E-state index in [4.69, 9.17) is 0 Å². The maximum absolute atomic E-state index is 12.3. The quantitative estimate of drug-likeness (QED) is 0.824. The molecule has 0 fully saturated rings. The maximum Gasteiger partial charge on any atom is 0.471 e. The van der Waals surface area contributed by atoms with E-state index in [2.05, 4.69) is 0 Å². The van der Waals surface area contributed by atoms with Crippen LogP contribution in [0.3, 0.4) is 0 Å². The maximum atomic E-state index is 12.3. The second kappa shape index (κ2) is 5.43. The zero-order valence-electron chi connectivity index (χ0n) is 10.3.